The SMILES string of the molecule is CC(C)Nc1nc([C@@H]2CCCO2)cc2cnc(Nc3ccc(N4CCNCC4)cn3)nc12. The maximum atomic E-state index is 5.85. The van der Waals surface area contributed by atoms with Crippen LogP contribution in [0.4, 0.5) is 23.3 Å². The number of aromatic nitrogens is 4. The topological polar surface area (TPSA) is 100 Å². The molecular weight excluding hydrogens is 404 g/mol. The number of hydrogen-bond donors (Lipinski definition) is 3. The Bertz CT molecular complexity index is 1060. The van der Waals surface area contributed by atoms with E-state index in [9.17, 15) is 0 Å². The van der Waals surface area contributed by atoms with Crippen LogP contribution in [0.15, 0.2) is 30.6 Å². The maximum Gasteiger partial charge on any atom is 0.229 e. The number of nitrogens with zero attached hydrogens (tertiary/aromatic N) is 5. The fourth-order valence-electron chi connectivity index (χ4n) is 4.15. The van der Waals surface area contributed by atoms with Crippen LogP contribution in [0.2, 0.25) is 0 Å². The summed E-state index contributed by atoms with van der Waals surface area (Å²) < 4.78 is 5.85. The van der Waals surface area contributed by atoms with Gasteiger partial charge in [-0.3, -0.25) is 0 Å². The summed E-state index contributed by atoms with van der Waals surface area (Å²) in [5.74, 6) is 1.97. The first-order chi connectivity index (χ1) is 15.7. The van der Waals surface area contributed by atoms with E-state index in [-0.39, 0.29) is 12.1 Å². The number of hydrogen-bond acceptors (Lipinski definition) is 9. The monoisotopic (exact) mass is 434 g/mol. The van der Waals surface area contributed by atoms with E-state index in [2.05, 4.69) is 50.7 Å². The van der Waals surface area contributed by atoms with Crippen LogP contribution in [0.3, 0.4) is 0 Å². The second-order valence-electron chi connectivity index (χ2n) is 8.59. The fraction of sp³-hybridized carbons (Fsp3) is 0.478. The van der Waals surface area contributed by atoms with Crippen molar-refractivity contribution < 1.29 is 4.74 Å². The minimum Gasteiger partial charge on any atom is -0.372 e. The Balaban J connectivity index is 1.40. The summed E-state index contributed by atoms with van der Waals surface area (Å²) in [5.41, 5.74) is 2.86. The van der Waals surface area contributed by atoms with Gasteiger partial charge in [0.1, 0.15) is 11.3 Å². The molecule has 3 N–H and O–H groups in total. The average molecular weight is 435 g/mol. The Kier molecular flexibility index (Phi) is 6.00. The lowest BCUT2D eigenvalue weighted by atomic mass is 10.1. The van der Waals surface area contributed by atoms with Crippen LogP contribution in [0.5, 0.6) is 0 Å². The van der Waals surface area contributed by atoms with E-state index in [1.54, 1.807) is 0 Å². The molecular formula is C23H30N8O. The Morgan fingerprint density at radius 1 is 1.12 bits per heavy atom. The van der Waals surface area contributed by atoms with Crippen molar-refractivity contribution in [2.45, 2.75) is 38.8 Å². The van der Waals surface area contributed by atoms with Gasteiger partial charge in [0, 0.05) is 50.4 Å². The van der Waals surface area contributed by atoms with Crippen molar-refractivity contribution in [3.05, 3.63) is 36.3 Å². The summed E-state index contributed by atoms with van der Waals surface area (Å²) in [6.45, 7) is 8.97. The highest BCUT2D eigenvalue weighted by Gasteiger charge is 2.21. The zero-order valence-corrected chi connectivity index (χ0v) is 18.6. The second kappa shape index (κ2) is 9.22. The summed E-state index contributed by atoms with van der Waals surface area (Å²) in [5, 5.41) is 11.0. The molecule has 5 rings (SSSR count). The Hall–Kier alpha value is -3.04. The van der Waals surface area contributed by atoms with Gasteiger partial charge < -0.3 is 25.6 Å². The van der Waals surface area contributed by atoms with Crippen molar-refractivity contribution in [3.8, 4) is 0 Å². The van der Waals surface area contributed by atoms with Gasteiger partial charge in [0.15, 0.2) is 5.82 Å². The zero-order chi connectivity index (χ0) is 21.9. The molecule has 0 amide bonds. The van der Waals surface area contributed by atoms with Crippen molar-refractivity contribution in [2.75, 3.05) is 48.3 Å². The number of piperazine rings is 1. The molecule has 0 radical (unpaired) electrons. The van der Waals surface area contributed by atoms with Crippen LogP contribution < -0.4 is 20.9 Å². The molecule has 3 aromatic rings. The van der Waals surface area contributed by atoms with Gasteiger partial charge in [-0.25, -0.2) is 19.9 Å². The number of rotatable bonds is 6. The maximum absolute atomic E-state index is 5.85. The summed E-state index contributed by atoms with van der Waals surface area (Å²) >= 11 is 0. The molecule has 0 aliphatic carbocycles. The molecule has 1 atom stereocenters. The van der Waals surface area contributed by atoms with Gasteiger partial charge in [0.05, 0.1) is 23.7 Å². The molecule has 9 heteroatoms. The van der Waals surface area contributed by atoms with Gasteiger partial charge in [-0.15, -0.1) is 0 Å². The predicted octanol–water partition coefficient (Wildman–Crippen LogP) is 3.24. The van der Waals surface area contributed by atoms with Crippen LogP contribution in [-0.4, -0.2) is 58.8 Å². The second-order valence-corrected chi connectivity index (χ2v) is 8.59. The molecule has 2 aliphatic rings. The van der Waals surface area contributed by atoms with Crippen molar-refractivity contribution in [3.63, 3.8) is 0 Å². The van der Waals surface area contributed by atoms with E-state index in [1.807, 2.05) is 24.5 Å². The van der Waals surface area contributed by atoms with Gasteiger partial charge in [0.2, 0.25) is 5.95 Å². The lowest BCUT2D eigenvalue weighted by molar-refractivity contribution is 0.109. The zero-order valence-electron chi connectivity index (χ0n) is 18.6. The van der Waals surface area contributed by atoms with Crippen LogP contribution in [-0.2, 0) is 4.74 Å². The number of anilines is 4. The highest BCUT2D eigenvalue weighted by Crippen LogP contribution is 2.31. The predicted molar refractivity (Wildman–Crippen MR) is 127 cm³/mol. The normalized spacial score (nSPS) is 19.0. The molecule has 9 nitrogen and oxygen atoms in total. The van der Waals surface area contributed by atoms with E-state index in [0.717, 1.165) is 73.7 Å². The largest absolute Gasteiger partial charge is 0.372 e. The molecule has 0 bridgehead atoms. The molecule has 3 aromatic heterocycles. The Morgan fingerprint density at radius 2 is 2.00 bits per heavy atom. The first-order valence-electron chi connectivity index (χ1n) is 11.4. The van der Waals surface area contributed by atoms with E-state index in [1.165, 1.54) is 0 Å². The smallest absolute Gasteiger partial charge is 0.229 e. The quantitative estimate of drug-likeness (QED) is 0.540. The number of fused-ring (bicyclic) bond motifs is 1. The first-order valence-corrected chi connectivity index (χ1v) is 11.4. The summed E-state index contributed by atoms with van der Waals surface area (Å²) in [6.07, 6.45) is 5.84. The average Bonchev–Trinajstić information content (AvgIpc) is 3.35. The number of ether oxygens (including phenoxy) is 1. The van der Waals surface area contributed by atoms with Crippen LogP contribution in [0.1, 0.15) is 38.5 Å². The molecule has 2 fully saturated rings. The van der Waals surface area contributed by atoms with E-state index >= 15 is 0 Å². The van der Waals surface area contributed by atoms with Crippen LogP contribution >= 0.6 is 0 Å². The number of nitrogens with one attached hydrogen (secondary N) is 3. The van der Waals surface area contributed by atoms with Crippen LogP contribution in [0.25, 0.3) is 10.9 Å². The molecule has 5 heterocycles. The highest BCUT2D eigenvalue weighted by atomic mass is 16.5. The molecule has 2 saturated heterocycles. The highest BCUT2D eigenvalue weighted by molar-refractivity contribution is 5.89. The van der Waals surface area contributed by atoms with Crippen molar-refractivity contribution in [1.82, 2.24) is 25.3 Å². The van der Waals surface area contributed by atoms with E-state index < -0.39 is 0 Å². The molecule has 168 valence electrons. The molecule has 2 aliphatic heterocycles. The van der Waals surface area contributed by atoms with Crippen molar-refractivity contribution in [2.24, 2.45) is 0 Å². The molecule has 32 heavy (non-hydrogen) atoms. The van der Waals surface area contributed by atoms with E-state index in [0.29, 0.717) is 11.8 Å². The minimum atomic E-state index is 0.0447. The van der Waals surface area contributed by atoms with Gasteiger partial charge in [-0.1, -0.05) is 0 Å². The lowest BCUT2D eigenvalue weighted by Gasteiger charge is -2.29. The summed E-state index contributed by atoms with van der Waals surface area (Å²) in [4.78, 5) is 21.0. The minimum absolute atomic E-state index is 0.0447. The Morgan fingerprint density at radius 3 is 2.72 bits per heavy atom. The molecule has 0 spiro atoms. The lowest BCUT2D eigenvalue weighted by Crippen LogP contribution is -2.43. The molecule has 0 unspecified atom stereocenters. The Labute approximate surface area is 188 Å². The summed E-state index contributed by atoms with van der Waals surface area (Å²) in [7, 11) is 0. The van der Waals surface area contributed by atoms with Crippen molar-refractivity contribution >= 4 is 34.2 Å². The third-order valence-corrected chi connectivity index (χ3v) is 5.74. The molecule has 0 saturated carbocycles. The third-order valence-electron chi connectivity index (χ3n) is 5.74. The van der Waals surface area contributed by atoms with Crippen molar-refractivity contribution in [1.29, 1.82) is 0 Å². The first kappa shape index (κ1) is 20.8. The van der Waals surface area contributed by atoms with Gasteiger partial charge in [-0.05, 0) is 44.9 Å². The van der Waals surface area contributed by atoms with Gasteiger partial charge in [-0.2, -0.15) is 0 Å². The van der Waals surface area contributed by atoms with Gasteiger partial charge in [0.25, 0.3) is 0 Å². The summed E-state index contributed by atoms with van der Waals surface area (Å²) in [6, 6.07) is 6.33. The third kappa shape index (κ3) is 4.58. The number of pyridine rings is 2. The standard InChI is InChI=1S/C23H30N8O/c1-15(2)27-22-21-16(12-18(28-22)19-4-3-11-32-19)13-26-23(30-21)29-20-6-5-17(14-25-20)31-9-7-24-8-10-31/h5-6,12-15,19,24H,3-4,7-11H2,1-2H3,(H,27,28)(H,25,26,29,30)/t19-/m0/s1. The fourth-order valence-corrected chi connectivity index (χ4v) is 4.15. The van der Waals surface area contributed by atoms with E-state index in [4.69, 9.17) is 14.7 Å². The van der Waals surface area contributed by atoms with Crippen LogP contribution in [0, 0.1) is 0 Å². The molecule has 0 aromatic carbocycles. The van der Waals surface area contributed by atoms with Gasteiger partial charge >= 0.3 is 0 Å².